The summed E-state index contributed by atoms with van der Waals surface area (Å²) < 4.78 is 13.0. The molecule has 0 saturated carbocycles. The molecule has 1 aromatic heterocycles. The summed E-state index contributed by atoms with van der Waals surface area (Å²) >= 11 is 0. The zero-order valence-electron chi connectivity index (χ0n) is 15.2. The van der Waals surface area contributed by atoms with Gasteiger partial charge < -0.3 is 16.4 Å². The third kappa shape index (κ3) is 5.23. The highest BCUT2D eigenvalue weighted by Crippen LogP contribution is 2.13. The molecule has 0 spiro atoms. The van der Waals surface area contributed by atoms with Gasteiger partial charge in [0.2, 0.25) is 0 Å². The van der Waals surface area contributed by atoms with Crippen LogP contribution < -0.4 is 16.4 Å². The normalized spacial score (nSPS) is 10.2. The molecule has 3 aromatic rings. The lowest BCUT2D eigenvalue weighted by atomic mass is 10.1. The minimum absolute atomic E-state index is 0.0751. The quantitative estimate of drug-likeness (QED) is 0.598. The van der Waals surface area contributed by atoms with Crippen molar-refractivity contribution >= 4 is 23.4 Å². The molecule has 0 unspecified atom stereocenters. The van der Waals surface area contributed by atoms with E-state index in [2.05, 4.69) is 15.6 Å². The van der Waals surface area contributed by atoms with Crippen molar-refractivity contribution in [1.29, 1.82) is 0 Å². The first-order chi connectivity index (χ1) is 13.9. The van der Waals surface area contributed by atoms with Crippen molar-refractivity contribution in [2.75, 3.05) is 5.32 Å². The third-order valence-corrected chi connectivity index (χ3v) is 4.02. The summed E-state index contributed by atoms with van der Waals surface area (Å²) in [5, 5.41) is 5.46. The summed E-state index contributed by atoms with van der Waals surface area (Å²) in [5.74, 6) is -1.82. The highest BCUT2D eigenvalue weighted by molar-refractivity contribution is 6.04. The van der Waals surface area contributed by atoms with Gasteiger partial charge in [-0.2, -0.15) is 0 Å². The Morgan fingerprint density at radius 1 is 0.931 bits per heavy atom. The fourth-order valence-corrected chi connectivity index (χ4v) is 2.52. The van der Waals surface area contributed by atoms with E-state index in [0.29, 0.717) is 11.3 Å². The summed E-state index contributed by atoms with van der Waals surface area (Å²) in [4.78, 5) is 39.3. The molecule has 8 heteroatoms. The van der Waals surface area contributed by atoms with Gasteiger partial charge in [-0.3, -0.25) is 19.4 Å². The molecule has 29 heavy (non-hydrogen) atoms. The van der Waals surface area contributed by atoms with Gasteiger partial charge in [0.1, 0.15) is 11.5 Å². The molecular formula is C21H17FN4O3. The number of halogens is 1. The first-order valence-corrected chi connectivity index (χ1v) is 8.62. The highest BCUT2D eigenvalue weighted by atomic mass is 19.1. The summed E-state index contributed by atoms with van der Waals surface area (Å²) in [6.07, 6.45) is 1.27. The van der Waals surface area contributed by atoms with E-state index in [-0.39, 0.29) is 29.6 Å². The summed E-state index contributed by atoms with van der Waals surface area (Å²) in [6, 6.07) is 15.0. The Hall–Kier alpha value is -4.07. The Labute approximate surface area is 165 Å². The second-order valence-corrected chi connectivity index (χ2v) is 6.14. The third-order valence-electron chi connectivity index (χ3n) is 4.02. The number of carbonyl (C=O) groups excluding carboxylic acids is 3. The van der Waals surface area contributed by atoms with Crippen LogP contribution in [0.25, 0.3) is 0 Å². The Kier molecular flexibility index (Phi) is 5.94. The van der Waals surface area contributed by atoms with Gasteiger partial charge in [0.15, 0.2) is 0 Å². The maximum Gasteiger partial charge on any atom is 0.267 e. The molecule has 2 aromatic carbocycles. The van der Waals surface area contributed by atoms with Crippen LogP contribution in [0.4, 0.5) is 10.1 Å². The number of rotatable bonds is 6. The molecule has 0 atom stereocenters. The molecule has 4 N–H and O–H groups in total. The molecule has 0 saturated heterocycles. The average Bonchev–Trinajstić information content (AvgIpc) is 2.73. The number of pyridine rings is 1. The maximum absolute atomic E-state index is 13.0. The minimum Gasteiger partial charge on any atom is -0.364 e. The van der Waals surface area contributed by atoms with Gasteiger partial charge in [-0.05, 0) is 54.1 Å². The second-order valence-electron chi connectivity index (χ2n) is 6.14. The number of primary amides is 1. The molecule has 7 nitrogen and oxygen atoms in total. The van der Waals surface area contributed by atoms with E-state index < -0.39 is 11.7 Å². The summed E-state index contributed by atoms with van der Waals surface area (Å²) in [6.45, 7) is 0.219. The second kappa shape index (κ2) is 8.75. The molecule has 0 bridgehead atoms. The Morgan fingerprint density at radius 3 is 2.31 bits per heavy atom. The van der Waals surface area contributed by atoms with Crippen LogP contribution in [-0.2, 0) is 6.54 Å². The first-order valence-electron chi connectivity index (χ1n) is 8.62. The number of nitrogens with two attached hydrogens (primary N) is 1. The van der Waals surface area contributed by atoms with Crippen molar-refractivity contribution in [1.82, 2.24) is 10.3 Å². The molecule has 146 valence electrons. The predicted octanol–water partition coefficient (Wildman–Crippen LogP) is 2.50. The number of benzene rings is 2. The van der Waals surface area contributed by atoms with Gasteiger partial charge in [-0.1, -0.05) is 12.1 Å². The van der Waals surface area contributed by atoms with Crippen LogP contribution in [0.2, 0.25) is 0 Å². The zero-order valence-corrected chi connectivity index (χ0v) is 15.2. The fraction of sp³-hybridized carbons (Fsp3) is 0.0476. The van der Waals surface area contributed by atoms with Crippen LogP contribution >= 0.6 is 0 Å². The maximum atomic E-state index is 13.0. The van der Waals surface area contributed by atoms with E-state index >= 15 is 0 Å². The monoisotopic (exact) mass is 392 g/mol. The lowest BCUT2D eigenvalue weighted by molar-refractivity contribution is 0.0946. The first kappa shape index (κ1) is 19.7. The molecule has 0 aliphatic rings. The lowest BCUT2D eigenvalue weighted by Gasteiger charge is -2.09. The number of aromatic nitrogens is 1. The Balaban J connectivity index is 1.60. The fourth-order valence-electron chi connectivity index (χ4n) is 2.52. The predicted molar refractivity (Wildman–Crippen MR) is 105 cm³/mol. The smallest absolute Gasteiger partial charge is 0.267 e. The molecule has 3 rings (SSSR count). The number of nitrogens with zero attached hydrogens (tertiary/aromatic N) is 1. The average molecular weight is 392 g/mol. The number of carbonyl (C=O) groups is 3. The largest absolute Gasteiger partial charge is 0.364 e. The summed E-state index contributed by atoms with van der Waals surface area (Å²) in [5.41, 5.74) is 7.11. The van der Waals surface area contributed by atoms with E-state index in [1.807, 2.05) is 0 Å². The van der Waals surface area contributed by atoms with Gasteiger partial charge in [0, 0.05) is 24.0 Å². The number of anilines is 1. The van der Waals surface area contributed by atoms with Crippen molar-refractivity contribution in [3.05, 3.63) is 95.1 Å². The topological polar surface area (TPSA) is 114 Å². The number of hydrogen-bond acceptors (Lipinski definition) is 4. The van der Waals surface area contributed by atoms with Gasteiger partial charge in [-0.25, -0.2) is 4.39 Å². The van der Waals surface area contributed by atoms with Crippen LogP contribution in [0.3, 0.4) is 0 Å². The van der Waals surface area contributed by atoms with Gasteiger partial charge in [0.25, 0.3) is 17.7 Å². The van der Waals surface area contributed by atoms with Crippen molar-refractivity contribution in [3.63, 3.8) is 0 Å². The number of amides is 3. The van der Waals surface area contributed by atoms with Crippen LogP contribution in [0, 0.1) is 5.82 Å². The minimum atomic E-state index is -0.670. The van der Waals surface area contributed by atoms with Crippen LogP contribution in [-0.4, -0.2) is 22.7 Å². The molecule has 3 amide bonds. The SMILES string of the molecule is NC(=O)c1ccc(C(=O)NCc2cccc(NC(=O)c3ccc(F)cc3)c2)cn1. The molecule has 0 aliphatic heterocycles. The van der Waals surface area contributed by atoms with E-state index in [1.54, 1.807) is 24.3 Å². The number of hydrogen-bond donors (Lipinski definition) is 3. The van der Waals surface area contributed by atoms with E-state index in [9.17, 15) is 18.8 Å². The van der Waals surface area contributed by atoms with Gasteiger partial charge in [0.05, 0.1) is 5.56 Å². The standard InChI is InChI=1S/C21H17FN4O3/c22-16-7-4-14(5-8-16)21(29)26-17-3-1-2-13(10-17)11-25-20(28)15-6-9-18(19(23)27)24-12-15/h1-10,12H,11H2,(H2,23,27)(H,25,28)(H,26,29). The highest BCUT2D eigenvalue weighted by Gasteiger charge is 2.09. The van der Waals surface area contributed by atoms with E-state index in [0.717, 1.165) is 5.56 Å². The number of nitrogens with one attached hydrogen (secondary N) is 2. The Morgan fingerprint density at radius 2 is 1.66 bits per heavy atom. The van der Waals surface area contributed by atoms with Crippen LogP contribution in [0.5, 0.6) is 0 Å². The zero-order chi connectivity index (χ0) is 20.8. The van der Waals surface area contributed by atoms with Crippen molar-refractivity contribution in [2.45, 2.75) is 6.54 Å². The molecule has 0 aliphatic carbocycles. The van der Waals surface area contributed by atoms with Crippen molar-refractivity contribution < 1.29 is 18.8 Å². The van der Waals surface area contributed by atoms with Gasteiger partial charge in [-0.15, -0.1) is 0 Å². The van der Waals surface area contributed by atoms with Crippen molar-refractivity contribution in [3.8, 4) is 0 Å². The molecular weight excluding hydrogens is 375 g/mol. The van der Waals surface area contributed by atoms with E-state index in [4.69, 9.17) is 5.73 Å². The van der Waals surface area contributed by atoms with Gasteiger partial charge >= 0.3 is 0 Å². The molecule has 1 heterocycles. The van der Waals surface area contributed by atoms with Crippen molar-refractivity contribution in [2.24, 2.45) is 5.73 Å². The molecule has 0 fully saturated rings. The lowest BCUT2D eigenvalue weighted by Crippen LogP contribution is -2.23. The summed E-state index contributed by atoms with van der Waals surface area (Å²) in [7, 11) is 0. The Bertz CT molecular complexity index is 1050. The van der Waals surface area contributed by atoms with E-state index in [1.165, 1.54) is 42.6 Å². The van der Waals surface area contributed by atoms with Crippen LogP contribution in [0.15, 0.2) is 66.9 Å². The molecule has 0 radical (unpaired) electrons. The van der Waals surface area contributed by atoms with Crippen LogP contribution in [0.1, 0.15) is 36.8 Å².